The predicted octanol–water partition coefficient (Wildman–Crippen LogP) is 6.69. The van der Waals surface area contributed by atoms with E-state index < -0.39 is 12.0 Å². The van der Waals surface area contributed by atoms with Crippen molar-refractivity contribution in [3.05, 3.63) is 163 Å². The Labute approximate surface area is 292 Å². The number of carbonyl (C=O) groups is 1. The normalized spacial score (nSPS) is 14.2. The molecule has 0 spiro atoms. The second-order valence-corrected chi connectivity index (χ2v) is 12.6. The second kappa shape index (κ2) is 14.3. The molecule has 250 valence electrons. The van der Waals surface area contributed by atoms with Crippen LogP contribution in [0, 0.1) is 0 Å². The summed E-state index contributed by atoms with van der Waals surface area (Å²) in [5, 5.41) is 2.28. The van der Waals surface area contributed by atoms with Crippen molar-refractivity contribution in [3.8, 4) is 17.2 Å². The summed E-state index contributed by atoms with van der Waals surface area (Å²) in [7, 11) is 3.18. The van der Waals surface area contributed by atoms with Gasteiger partial charge in [-0.3, -0.25) is 9.36 Å². The minimum Gasteiger partial charge on any atom is -0.497 e. The SMILES string of the molecule is CCOC(=O)C1=C(c2ccccc2)N=c2s/c(=C\c3ccc(OCc4cccc5ccccc45)c(OC)c3)c(=O)n2[C@@H]1c1ccc(OC)cc1. The molecule has 7 rings (SSSR count). The van der Waals surface area contributed by atoms with Crippen molar-refractivity contribution in [3.63, 3.8) is 0 Å². The van der Waals surface area contributed by atoms with Crippen LogP contribution in [0.15, 0.2) is 131 Å². The van der Waals surface area contributed by atoms with Crippen LogP contribution in [0.3, 0.4) is 0 Å². The summed E-state index contributed by atoms with van der Waals surface area (Å²) in [4.78, 5) is 33.4. The Balaban J connectivity index is 1.31. The van der Waals surface area contributed by atoms with Gasteiger partial charge in [0.25, 0.3) is 5.56 Å². The van der Waals surface area contributed by atoms with Gasteiger partial charge in [0.2, 0.25) is 0 Å². The molecule has 0 unspecified atom stereocenters. The van der Waals surface area contributed by atoms with Gasteiger partial charge in [-0.15, -0.1) is 0 Å². The molecular weight excluding hydrogens is 649 g/mol. The van der Waals surface area contributed by atoms with Crippen LogP contribution in [0.5, 0.6) is 17.2 Å². The van der Waals surface area contributed by atoms with E-state index in [0.29, 0.717) is 38.9 Å². The molecule has 0 N–H and O–H groups in total. The predicted molar refractivity (Wildman–Crippen MR) is 195 cm³/mol. The molecule has 8 nitrogen and oxygen atoms in total. The maximum Gasteiger partial charge on any atom is 0.338 e. The van der Waals surface area contributed by atoms with Crippen molar-refractivity contribution < 1.29 is 23.7 Å². The van der Waals surface area contributed by atoms with Crippen molar-refractivity contribution in [1.29, 1.82) is 0 Å². The number of esters is 1. The van der Waals surface area contributed by atoms with Crippen molar-refractivity contribution >= 4 is 39.9 Å². The smallest absolute Gasteiger partial charge is 0.338 e. The van der Waals surface area contributed by atoms with Gasteiger partial charge in [0.05, 0.1) is 42.7 Å². The summed E-state index contributed by atoms with van der Waals surface area (Å²) < 4.78 is 24.9. The highest BCUT2D eigenvalue weighted by Gasteiger charge is 2.35. The Hall–Kier alpha value is -5.93. The van der Waals surface area contributed by atoms with Gasteiger partial charge in [0, 0.05) is 5.56 Å². The van der Waals surface area contributed by atoms with Crippen molar-refractivity contribution in [2.45, 2.75) is 19.6 Å². The Morgan fingerprint density at radius 3 is 2.38 bits per heavy atom. The molecule has 1 aliphatic rings. The van der Waals surface area contributed by atoms with E-state index in [2.05, 4.69) is 24.3 Å². The number of benzene rings is 5. The minimum absolute atomic E-state index is 0.174. The van der Waals surface area contributed by atoms with Crippen LogP contribution in [0.4, 0.5) is 0 Å². The van der Waals surface area contributed by atoms with E-state index in [0.717, 1.165) is 33.0 Å². The van der Waals surface area contributed by atoms with E-state index in [4.69, 9.17) is 23.9 Å². The molecule has 0 amide bonds. The lowest BCUT2D eigenvalue weighted by Crippen LogP contribution is -2.40. The summed E-state index contributed by atoms with van der Waals surface area (Å²) in [6.45, 7) is 2.30. The van der Waals surface area contributed by atoms with Gasteiger partial charge in [-0.05, 0) is 64.7 Å². The number of fused-ring (bicyclic) bond motifs is 2. The number of methoxy groups -OCH3 is 2. The van der Waals surface area contributed by atoms with E-state index in [1.165, 1.54) is 11.3 Å². The van der Waals surface area contributed by atoms with Crippen molar-refractivity contribution in [2.24, 2.45) is 4.99 Å². The van der Waals surface area contributed by atoms with Crippen LogP contribution in [0.1, 0.15) is 35.2 Å². The maximum absolute atomic E-state index is 14.3. The van der Waals surface area contributed by atoms with Crippen LogP contribution in [-0.4, -0.2) is 31.4 Å². The molecule has 0 bridgehead atoms. The van der Waals surface area contributed by atoms with Crippen LogP contribution < -0.4 is 29.1 Å². The molecule has 1 aliphatic heterocycles. The lowest BCUT2D eigenvalue weighted by Gasteiger charge is -2.26. The highest BCUT2D eigenvalue weighted by molar-refractivity contribution is 7.07. The zero-order valence-electron chi connectivity index (χ0n) is 27.8. The number of nitrogens with zero attached hydrogens (tertiary/aromatic N) is 2. The summed E-state index contributed by atoms with van der Waals surface area (Å²) in [5.41, 5.74) is 3.76. The zero-order chi connectivity index (χ0) is 34.6. The first-order valence-corrected chi connectivity index (χ1v) is 17.0. The van der Waals surface area contributed by atoms with Crippen LogP contribution in [0.25, 0.3) is 22.5 Å². The number of ether oxygens (including phenoxy) is 4. The van der Waals surface area contributed by atoms with E-state index in [1.54, 1.807) is 25.7 Å². The molecule has 5 aromatic carbocycles. The number of hydrogen-bond donors (Lipinski definition) is 0. The van der Waals surface area contributed by atoms with Gasteiger partial charge in [0.15, 0.2) is 16.3 Å². The monoisotopic (exact) mass is 682 g/mol. The van der Waals surface area contributed by atoms with Gasteiger partial charge in [-0.1, -0.05) is 102 Å². The Morgan fingerprint density at radius 2 is 1.62 bits per heavy atom. The average molecular weight is 683 g/mol. The average Bonchev–Trinajstić information content (AvgIpc) is 3.47. The standard InChI is InChI=1S/C41H34N2O6S/c1-4-48-40(45)36-37(28-12-6-5-7-13-28)42-41-43(38(36)29-18-20-31(46-2)21-19-29)39(44)35(50-41)24-26-17-22-33(34(23-26)47-3)49-25-30-15-10-14-27-11-8-9-16-32(27)30/h5-24,38H,4,25H2,1-3H3/b35-24-/t38-/m1/s1. The third-order valence-electron chi connectivity index (χ3n) is 8.55. The van der Waals surface area contributed by atoms with E-state index in [-0.39, 0.29) is 17.7 Å². The Bertz CT molecular complexity index is 2410. The van der Waals surface area contributed by atoms with E-state index in [1.807, 2.05) is 97.1 Å². The fraction of sp³-hybridized carbons (Fsp3) is 0.146. The molecule has 50 heavy (non-hydrogen) atoms. The van der Waals surface area contributed by atoms with Crippen molar-refractivity contribution in [2.75, 3.05) is 20.8 Å². The zero-order valence-corrected chi connectivity index (χ0v) is 28.6. The number of rotatable bonds is 10. The second-order valence-electron chi connectivity index (χ2n) is 11.5. The summed E-state index contributed by atoms with van der Waals surface area (Å²) >= 11 is 1.26. The quantitative estimate of drug-likeness (QED) is 0.150. The Morgan fingerprint density at radius 1 is 0.860 bits per heavy atom. The first kappa shape index (κ1) is 32.6. The topological polar surface area (TPSA) is 88.4 Å². The first-order chi connectivity index (χ1) is 24.5. The largest absolute Gasteiger partial charge is 0.497 e. The lowest BCUT2D eigenvalue weighted by atomic mass is 9.93. The molecule has 0 saturated heterocycles. The number of hydrogen-bond acceptors (Lipinski definition) is 8. The fourth-order valence-electron chi connectivity index (χ4n) is 6.16. The molecule has 2 heterocycles. The lowest BCUT2D eigenvalue weighted by molar-refractivity contribution is -0.138. The van der Waals surface area contributed by atoms with Gasteiger partial charge < -0.3 is 18.9 Å². The summed E-state index contributed by atoms with van der Waals surface area (Å²) in [6, 6.07) is 36.0. The number of carbonyl (C=O) groups excluding carboxylic acids is 1. The van der Waals surface area contributed by atoms with Gasteiger partial charge in [0.1, 0.15) is 12.4 Å². The summed E-state index contributed by atoms with van der Waals surface area (Å²) in [5.74, 6) is 1.25. The molecule has 0 radical (unpaired) electrons. The number of aromatic nitrogens is 1. The molecule has 0 aliphatic carbocycles. The van der Waals surface area contributed by atoms with E-state index >= 15 is 0 Å². The van der Waals surface area contributed by atoms with Crippen LogP contribution >= 0.6 is 11.3 Å². The van der Waals surface area contributed by atoms with Gasteiger partial charge >= 0.3 is 5.97 Å². The minimum atomic E-state index is -0.784. The third kappa shape index (κ3) is 6.31. The molecular formula is C41H34N2O6S. The highest BCUT2D eigenvalue weighted by Crippen LogP contribution is 2.36. The first-order valence-electron chi connectivity index (χ1n) is 16.2. The third-order valence-corrected chi connectivity index (χ3v) is 9.54. The summed E-state index contributed by atoms with van der Waals surface area (Å²) in [6.07, 6.45) is 1.81. The van der Waals surface area contributed by atoms with E-state index in [9.17, 15) is 9.59 Å². The number of thiazole rings is 1. The molecule has 6 aromatic rings. The van der Waals surface area contributed by atoms with Crippen LogP contribution in [0.2, 0.25) is 0 Å². The fourth-order valence-corrected chi connectivity index (χ4v) is 7.16. The van der Waals surface area contributed by atoms with Gasteiger partial charge in [-0.25, -0.2) is 9.79 Å². The van der Waals surface area contributed by atoms with Crippen LogP contribution in [-0.2, 0) is 16.1 Å². The molecule has 9 heteroatoms. The highest BCUT2D eigenvalue weighted by atomic mass is 32.1. The van der Waals surface area contributed by atoms with Gasteiger partial charge in [-0.2, -0.15) is 0 Å². The molecule has 1 aromatic heterocycles. The molecule has 0 saturated carbocycles. The van der Waals surface area contributed by atoms with Crippen molar-refractivity contribution in [1.82, 2.24) is 4.57 Å². The Kier molecular flexibility index (Phi) is 9.31. The maximum atomic E-state index is 14.3. The molecule has 0 fully saturated rings. The molecule has 1 atom stereocenters.